The first kappa shape index (κ1) is 55.4. The largest absolute Gasteiger partial charge is 0.420 e. The van der Waals surface area contributed by atoms with Gasteiger partial charge in [-0.2, -0.15) is 13.2 Å². The number of halogens is 5. The fourth-order valence-electron chi connectivity index (χ4n) is 13.0. The second-order valence-electron chi connectivity index (χ2n) is 22.8. The normalized spacial score (nSPS) is 11.8. The first-order valence-corrected chi connectivity index (χ1v) is 30.0. The predicted octanol–water partition coefficient (Wildman–Crippen LogP) is 21.8. The number of aromatic nitrogens is 6. The Balaban J connectivity index is 1.02. The van der Waals surface area contributed by atoms with Gasteiger partial charge in [-0.15, -0.1) is 0 Å². The lowest BCUT2D eigenvalue weighted by Crippen LogP contribution is -2.17. The molecule has 6 heterocycles. The molecule has 438 valence electrons. The Morgan fingerprint density at radius 1 is 0.261 bits per heavy atom. The highest BCUT2D eigenvalue weighted by Crippen LogP contribution is 2.50. The highest BCUT2D eigenvalue weighted by atomic mass is 19.4. The Labute approximate surface area is 525 Å². The van der Waals surface area contributed by atoms with Crippen molar-refractivity contribution in [1.82, 2.24) is 29.1 Å². The van der Waals surface area contributed by atoms with Crippen LogP contribution in [0.5, 0.6) is 0 Å². The Morgan fingerprint density at radius 2 is 0.565 bits per heavy atom. The summed E-state index contributed by atoms with van der Waals surface area (Å²) in [7, 11) is 0. The molecule has 0 aliphatic heterocycles. The van der Waals surface area contributed by atoms with Crippen LogP contribution in [0, 0.1) is 11.6 Å². The second kappa shape index (κ2) is 22.6. The van der Waals surface area contributed by atoms with Crippen LogP contribution in [-0.4, -0.2) is 29.1 Å². The van der Waals surface area contributed by atoms with Crippen molar-refractivity contribution >= 4 is 43.6 Å². The zero-order chi connectivity index (χ0) is 62.0. The van der Waals surface area contributed by atoms with Crippen molar-refractivity contribution < 1.29 is 22.0 Å². The molecule has 0 spiro atoms. The minimum absolute atomic E-state index is 0.0581. The van der Waals surface area contributed by atoms with E-state index in [0.717, 1.165) is 85.2 Å². The van der Waals surface area contributed by atoms with Crippen LogP contribution in [-0.2, 0) is 6.18 Å². The van der Waals surface area contributed by atoms with E-state index in [1.54, 1.807) is 40.0 Å². The summed E-state index contributed by atoms with van der Waals surface area (Å²) >= 11 is 0. The molecule has 11 heteroatoms. The van der Waals surface area contributed by atoms with Crippen molar-refractivity contribution in [2.45, 2.75) is 6.18 Å². The smallest absolute Gasteiger partial charge is 0.309 e. The number of benzene rings is 10. The molecule has 6 aromatic heterocycles. The predicted molar refractivity (Wildman–Crippen MR) is 360 cm³/mol. The van der Waals surface area contributed by atoms with E-state index in [4.69, 9.17) is 19.9 Å². The molecule has 0 saturated carbocycles. The van der Waals surface area contributed by atoms with E-state index in [1.807, 2.05) is 243 Å². The van der Waals surface area contributed by atoms with Gasteiger partial charge < -0.3 is 9.13 Å². The van der Waals surface area contributed by atoms with E-state index in [-0.39, 0.29) is 22.5 Å². The number of fused-ring (bicyclic) bond motifs is 6. The van der Waals surface area contributed by atoms with Crippen LogP contribution in [0.2, 0.25) is 0 Å². The molecule has 92 heavy (non-hydrogen) atoms. The summed E-state index contributed by atoms with van der Waals surface area (Å²) in [6.07, 6.45) is 1.76. The molecular formula is C81H49F5N6. The molecule has 0 radical (unpaired) electrons. The average Bonchev–Trinajstić information content (AvgIpc) is 1.53. The minimum atomic E-state index is -5.15. The Kier molecular flexibility index (Phi) is 13.6. The molecule has 0 saturated heterocycles. The SMILES string of the molecule is Fc1cc(F)cc(-c2ccc(-n3c4cc(-c5ccnc(-c6ccccc6)c5)ccc4c4ccc(-c5ccnc(-c6ccccc6)c5)cc43)c(C(F)(F)F)c2-n2c3cc(-c4ccnc(-c5ccccc5)c4)ccc3c3ccc(-c4ccnc(-c5ccccc5)c4)cc32)c1. The third-order valence-corrected chi connectivity index (χ3v) is 17.3. The summed E-state index contributed by atoms with van der Waals surface area (Å²) in [5.74, 6) is -1.90. The van der Waals surface area contributed by atoms with Gasteiger partial charge in [0.15, 0.2) is 0 Å². The van der Waals surface area contributed by atoms with Gasteiger partial charge in [0.05, 0.1) is 56.2 Å². The summed E-state index contributed by atoms with van der Waals surface area (Å²) in [5, 5.41) is 2.69. The van der Waals surface area contributed by atoms with E-state index in [2.05, 4.69) is 0 Å². The lowest BCUT2D eigenvalue weighted by Gasteiger charge is -2.25. The highest BCUT2D eigenvalue weighted by Gasteiger charge is 2.41. The second-order valence-corrected chi connectivity index (χ2v) is 22.8. The van der Waals surface area contributed by atoms with E-state index >= 15 is 22.0 Å². The summed E-state index contributed by atoms with van der Waals surface area (Å²) in [5.41, 5.74) is 12.6. The summed E-state index contributed by atoms with van der Waals surface area (Å²) < 4.78 is 89.1. The molecule has 16 aromatic rings. The van der Waals surface area contributed by atoms with Crippen molar-refractivity contribution in [2.75, 3.05) is 0 Å². The third-order valence-electron chi connectivity index (χ3n) is 17.3. The van der Waals surface area contributed by atoms with E-state index in [0.29, 0.717) is 66.1 Å². The van der Waals surface area contributed by atoms with Crippen molar-refractivity contribution in [2.24, 2.45) is 0 Å². The molecule has 6 nitrogen and oxygen atoms in total. The maximum Gasteiger partial charge on any atom is 0.420 e. The van der Waals surface area contributed by atoms with Gasteiger partial charge in [0.1, 0.15) is 17.2 Å². The maximum absolute atomic E-state index is 17.9. The van der Waals surface area contributed by atoms with Crippen molar-refractivity contribution in [1.29, 1.82) is 0 Å². The van der Waals surface area contributed by atoms with Gasteiger partial charge in [-0.1, -0.05) is 176 Å². The van der Waals surface area contributed by atoms with Gasteiger partial charge in [-0.25, -0.2) is 8.78 Å². The maximum atomic E-state index is 17.9. The number of hydrogen-bond acceptors (Lipinski definition) is 4. The minimum Gasteiger partial charge on any atom is -0.309 e. The summed E-state index contributed by atoms with van der Waals surface area (Å²) in [6.45, 7) is 0. The third kappa shape index (κ3) is 10.0. The summed E-state index contributed by atoms with van der Waals surface area (Å²) in [6, 6.07) is 83.8. The standard InChI is InChI=1S/C81H49F5N6/c82-63-39-62(40-64(83)49-63)65-29-30-74(91-75-45-54(58-31-35-87-70(41-58)50-13-5-1-6-14-50)21-25-66(75)67-26-22-55(46-76(67)91)59-32-36-88-71(42-59)51-15-7-2-8-16-51)79(81(84,85)86)80(65)92-77-47-56(60-33-37-89-72(43-60)52-17-9-3-10-18-52)23-27-68(77)69-28-24-57(48-78(69)92)61-34-38-90-73(44-61)53-19-11-4-12-20-53/h1-49H. The van der Waals surface area contributed by atoms with Crippen LogP contribution in [0.1, 0.15) is 5.56 Å². The van der Waals surface area contributed by atoms with Crippen LogP contribution in [0.4, 0.5) is 22.0 Å². The van der Waals surface area contributed by atoms with Gasteiger partial charge in [0, 0.05) is 80.2 Å². The fraction of sp³-hybridized carbons (Fsp3) is 0.0123. The van der Waals surface area contributed by atoms with Crippen molar-refractivity contribution in [3.63, 3.8) is 0 Å². The molecule has 10 aromatic carbocycles. The molecule has 0 bridgehead atoms. The van der Waals surface area contributed by atoms with Crippen LogP contribution in [0.3, 0.4) is 0 Å². The molecule has 0 aliphatic rings. The van der Waals surface area contributed by atoms with Crippen LogP contribution < -0.4 is 0 Å². The molecular weight excluding hydrogens is 1150 g/mol. The number of rotatable bonds is 11. The first-order chi connectivity index (χ1) is 45.0. The zero-order valence-electron chi connectivity index (χ0n) is 48.9. The molecule has 0 N–H and O–H groups in total. The quantitative estimate of drug-likeness (QED) is 0.121. The van der Waals surface area contributed by atoms with Crippen LogP contribution in [0.25, 0.3) is 156 Å². The monoisotopic (exact) mass is 1200 g/mol. The topological polar surface area (TPSA) is 61.4 Å². The number of alkyl halides is 3. The van der Waals surface area contributed by atoms with Gasteiger partial charge in [-0.3, -0.25) is 19.9 Å². The lowest BCUT2D eigenvalue weighted by atomic mass is 9.96. The Bertz CT molecular complexity index is 5230. The van der Waals surface area contributed by atoms with E-state index in [9.17, 15) is 0 Å². The number of nitrogens with zero attached hydrogens (tertiary/aromatic N) is 6. The molecule has 0 aliphatic carbocycles. The molecule has 0 amide bonds. The van der Waals surface area contributed by atoms with E-state index < -0.39 is 23.4 Å². The molecule has 0 atom stereocenters. The molecule has 0 unspecified atom stereocenters. The fourth-order valence-corrected chi connectivity index (χ4v) is 13.0. The summed E-state index contributed by atoms with van der Waals surface area (Å²) in [4.78, 5) is 18.8. The lowest BCUT2D eigenvalue weighted by molar-refractivity contribution is -0.137. The molecule has 0 fully saturated rings. The van der Waals surface area contributed by atoms with Crippen molar-refractivity contribution in [3.05, 3.63) is 315 Å². The van der Waals surface area contributed by atoms with Gasteiger partial charge >= 0.3 is 6.18 Å². The average molecular weight is 1200 g/mol. The van der Waals surface area contributed by atoms with Crippen LogP contribution in [0.15, 0.2) is 298 Å². The zero-order valence-corrected chi connectivity index (χ0v) is 48.9. The van der Waals surface area contributed by atoms with Gasteiger partial charge in [0.2, 0.25) is 0 Å². The molecule has 16 rings (SSSR count). The van der Waals surface area contributed by atoms with Gasteiger partial charge in [0.25, 0.3) is 0 Å². The van der Waals surface area contributed by atoms with Gasteiger partial charge in [-0.05, 0) is 141 Å². The number of pyridine rings is 4. The Hall–Kier alpha value is -12.0. The highest BCUT2D eigenvalue weighted by molar-refractivity contribution is 6.14. The van der Waals surface area contributed by atoms with E-state index in [1.165, 1.54) is 6.07 Å². The first-order valence-electron chi connectivity index (χ1n) is 30.0. The number of hydrogen-bond donors (Lipinski definition) is 0. The Morgan fingerprint density at radius 3 is 0.880 bits per heavy atom. The van der Waals surface area contributed by atoms with Crippen LogP contribution >= 0.6 is 0 Å². The van der Waals surface area contributed by atoms with Crippen molar-refractivity contribution in [3.8, 4) is 112 Å².